The maximum Gasteiger partial charge on any atom is 0.386 e. The molecule has 3 fully saturated rings. The molecule has 3 saturated heterocycles. The summed E-state index contributed by atoms with van der Waals surface area (Å²) in [7, 11) is 1.16. The van der Waals surface area contributed by atoms with Gasteiger partial charge in [0, 0.05) is 63.0 Å². The number of nitrogens with zero attached hydrogens (tertiary/aromatic N) is 8. The zero-order valence-electron chi connectivity index (χ0n) is 33.2. The third-order valence-corrected chi connectivity index (χ3v) is 19.0. The van der Waals surface area contributed by atoms with E-state index in [2.05, 4.69) is 67.1 Å². The molecule has 0 aliphatic carbocycles. The van der Waals surface area contributed by atoms with Gasteiger partial charge >= 0.3 is 13.5 Å². The van der Waals surface area contributed by atoms with E-state index in [0.29, 0.717) is 5.65 Å². The molecule has 23 heteroatoms. The Balaban J connectivity index is 1.26. The molecular weight excluding hydrogens is 847 g/mol. The summed E-state index contributed by atoms with van der Waals surface area (Å²) in [5, 5.41) is 9.92. The van der Waals surface area contributed by atoms with Gasteiger partial charge in [0.1, 0.15) is 36.3 Å². The molecule has 2 unspecified atom stereocenters. The Morgan fingerprint density at radius 3 is 2.57 bits per heavy atom. The van der Waals surface area contributed by atoms with Crippen molar-refractivity contribution in [2.45, 2.75) is 94.7 Å². The first-order valence-electron chi connectivity index (χ1n) is 18.7. The minimum absolute atomic E-state index is 0.0334. The molecular formula is C35H48N8O10P2S2Si. The van der Waals surface area contributed by atoms with Crippen LogP contribution < -0.4 is 5.56 Å². The van der Waals surface area contributed by atoms with E-state index in [4.69, 9.17) is 48.3 Å². The normalized spacial score (nSPS) is 31.2. The Hall–Kier alpha value is -2.80. The summed E-state index contributed by atoms with van der Waals surface area (Å²) in [6, 6.07) is 7.16. The lowest BCUT2D eigenvalue weighted by molar-refractivity contribution is -0.0597. The predicted octanol–water partition coefficient (Wildman–Crippen LogP) is 6.35. The summed E-state index contributed by atoms with van der Waals surface area (Å²) >= 11 is 10.5. The first-order chi connectivity index (χ1) is 27.4. The number of hydrogen-bond acceptors (Lipinski definition) is 15. The second-order valence-electron chi connectivity index (χ2n) is 15.9. The van der Waals surface area contributed by atoms with Crippen LogP contribution in [0.25, 0.3) is 16.8 Å². The lowest BCUT2D eigenvalue weighted by Crippen LogP contribution is -2.50. The van der Waals surface area contributed by atoms with Crippen LogP contribution in [-0.4, -0.2) is 107 Å². The minimum Gasteiger partial charge on any atom is -0.408 e. The zero-order chi connectivity index (χ0) is 41.6. The number of hydrogen-bond donors (Lipinski definition) is 1. The van der Waals surface area contributed by atoms with Gasteiger partial charge in [-0.15, -0.1) is 0 Å². The van der Waals surface area contributed by atoms with Crippen molar-refractivity contribution in [1.29, 1.82) is 5.26 Å². The molecule has 0 spiro atoms. The SMILES string of the molecule is CN(C)C=Nc1ccnc2c1ccn2[C@H]1C[C@@H]2OP(=S)(OCCC#N)OC[C@H]3O[C@@H](n4ccc(=O)n5ccnc45)[C@H](OP(=O)(S)OC[C@H]2O1)[C@@H]3O[Si](C)(C)C(C)(C)C. The summed E-state index contributed by atoms with van der Waals surface area (Å²) in [6.07, 6.45) is 3.79. The Bertz CT molecular complexity index is 2360. The summed E-state index contributed by atoms with van der Waals surface area (Å²) in [4.78, 5) is 28.2. The Morgan fingerprint density at radius 1 is 1.07 bits per heavy atom. The van der Waals surface area contributed by atoms with Gasteiger partial charge in [0.15, 0.2) is 14.5 Å². The number of aromatic nitrogens is 5. The largest absolute Gasteiger partial charge is 0.408 e. The average Bonchev–Trinajstić information content (AvgIpc) is 3.95. The van der Waals surface area contributed by atoms with E-state index in [1.54, 1.807) is 17.1 Å². The van der Waals surface area contributed by atoms with Crippen molar-refractivity contribution in [3.8, 4) is 6.07 Å². The van der Waals surface area contributed by atoms with Gasteiger partial charge in [-0.2, -0.15) is 5.26 Å². The molecule has 0 amide bonds. The third-order valence-electron chi connectivity index (χ3n) is 10.6. The van der Waals surface area contributed by atoms with Gasteiger partial charge in [-0.3, -0.25) is 22.8 Å². The molecule has 58 heavy (non-hydrogen) atoms. The van der Waals surface area contributed by atoms with Crippen molar-refractivity contribution in [3.63, 3.8) is 0 Å². The predicted molar refractivity (Wildman–Crippen MR) is 224 cm³/mol. The topological polar surface area (TPSA) is 187 Å². The third kappa shape index (κ3) is 9.10. The first kappa shape index (κ1) is 43.3. The van der Waals surface area contributed by atoms with Crippen molar-refractivity contribution in [1.82, 2.24) is 28.4 Å². The zero-order valence-corrected chi connectivity index (χ0v) is 37.7. The number of nitriles is 1. The van der Waals surface area contributed by atoms with E-state index in [1.807, 2.05) is 41.9 Å². The number of aliphatic imine (C=N–C) groups is 1. The number of imidazole rings is 1. The van der Waals surface area contributed by atoms with Crippen LogP contribution in [0.2, 0.25) is 18.1 Å². The second kappa shape index (κ2) is 16.9. The molecule has 3 aliphatic heterocycles. The van der Waals surface area contributed by atoms with Gasteiger partial charge in [-0.05, 0) is 42.1 Å². The fourth-order valence-corrected chi connectivity index (χ4v) is 11.6. The quantitative estimate of drug-likeness (QED) is 0.0489. The van der Waals surface area contributed by atoms with Gasteiger partial charge in [0.2, 0.25) is 5.78 Å². The van der Waals surface area contributed by atoms with Gasteiger partial charge < -0.3 is 36.9 Å². The summed E-state index contributed by atoms with van der Waals surface area (Å²) in [5.74, 6) is 0.250. The van der Waals surface area contributed by atoms with Crippen molar-refractivity contribution < 1.29 is 41.1 Å². The fraction of sp³-hybridized carbons (Fsp3) is 0.571. The molecule has 0 saturated carbocycles. The van der Waals surface area contributed by atoms with Crippen molar-refractivity contribution in [3.05, 3.63) is 59.5 Å². The van der Waals surface area contributed by atoms with Crippen LogP contribution in [0.3, 0.4) is 0 Å². The van der Waals surface area contributed by atoms with Crippen molar-refractivity contribution in [2.75, 3.05) is 33.9 Å². The summed E-state index contributed by atoms with van der Waals surface area (Å²) in [5.41, 5.74) is 1.04. The highest BCUT2D eigenvalue weighted by Gasteiger charge is 2.55. The molecule has 4 aromatic heterocycles. The van der Waals surface area contributed by atoms with Crippen LogP contribution in [0.15, 0.2) is 59.0 Å². The molecule has 314 valence electrons. The monoisotopic (exact) mass is 894 g/mol. The van der Waals surface area contributed by atoms with Crippen LogP contribution in [0.4, 0.5) is 5.69 Å². The molecule has 18 nitrogen and oxygen atoms in total. The van der Waals surface area contributed by atoms with Crippen LogP contribution in [-0.2, 0) is 52.9 Å². The van der Waals surface area contributed by atoms with E-state index in [9.17, 15) is 14.6 Å². The smallest absolute Gasteiger partial charge is 0.386 e. The molecule has 9 atom stereocenters. The molecule has 7 heterocycles. The van der Waals surface area contributed by atoms with Gasteiger partial charge in [0.05, 0.1) is 50.4 Å². The molecule has 0 aromatic carbocycles. The molecule has 4 aromatic rings. The van der Waals surface area contributed by atoms with Crippen LogP contribution in [0.5, 0.6) is 0 Å². The highest BCUT2D eigenvalue weighted by molar-refractivity contribution is 8.44. The first-order valence-corrected chi connectivity index (χ1v) is 26.8. The Labute approximate surface area is 347 Å². The molecule has 2 bridgehead atoms. The Kier molecular flexibility index (Phi) is 12.6. The van der Waals surface area contributed by atoms with E-state index >= 15 is 0 Å². The number of thiol groups is 1. The van der Waals surface area contributed by atoms with E-state index < -0.39 is 64.8 Å². The lowest BCUT2D eigenvalue weighted by Gasteiger charge is -2.40. The van der Waals surface area contributed by atoms with Gasteiger partial charge in [-0.25, -0.2) is 19.5 Å². The molecule has 7 rings (SSSR count). The number of rotatable bonds is 9. The van der Waals surface area contributed by atoms with Crippen LogP contribution in [0, 0.1) is 11.3 Å². The van der Waals surface area contributed by atoms with Gasteiger partial charge in [0.25, 0.3) is 5.56 Å². The second-order valence-corrected chi connectivity index (χ2v) is 26.5. The maximum atomic E-state index is 14.4. The number of pyridine rings is 1. The van der Waals surface area contributed by atoms with Crippen LogP contribution >= 0.6 is 25.8 Å². The fourth-order valence-electron chi connectivity index (χ4n) is 6.67. The highest BCUT2D eigenvalue weighted by Crippen LogP contribution is 2.60. The minimum atomic E-state index is -4.25. The lowest BCUT2D eigenvalue weighted by atomic mass is 10.1. The summed E-state index contributed by atoms with van der Waals surface area (Å²) in [6.45, 7) is 1.93. The molecule has 3 aliphatic rings. The van der Waals surface area contributed by atoms with E-state index in [-0.39, 0.29) is 49.0 Å². The van der Waals surface area contributed by atoms with E-state index in [0.717, 1.165) is 11.1 Å². The number of fused-ring (bicyclic) bond motifs is 5. The molecule has 0 N–H and O–H groups in total. The highest BCUT2D eigenvalue weighted by atomic mass is 32.7. The average molecular weight is 895 g/mol. The standard InChI is InChI=1S/C35H48N8O10P2S2Si/c1-35(2,3)58(6,7)53-30-27-21-48-55(57,46-18-8-12-36)51-25-19-29(42-15-10-23-24(39-22-40(4)5)9-13-37-32(23)42)49-26(25)20-47-54(45,56)52-31(30)33(50-27)43-16-11-28(44)41-17-14-38-34(41)43/h9-11,13-17,22,25-27,29-31,33H,8,18-21H2,1-7H3,(H,45,56)/t25-,26+,27+,29+,30+,31+,33+,54?,55?/m0/s1. The number of ether oxygens (including phenoxy) is 2. The van der Waals surface area contributed by atoms with Crippen LogP contribution in [0.1, 0.15) is 46.1 Å². The van der Waals surface area contributed by atoms with E-state index in [1.165, 1.54) is 29.1 Å². The Morgan fingerprint density at radius 2 is 1.83 bits per heavy atom. The maximum absolute atomic E-state index is 14.4. The van der Waals surface area contributed by atoms with Crippen molar-refractivity contribution in [2.24, 2.45) is 4.99 Å². The van der Waals surface area contributed by atoms with Crippen molar-refractivity contribution >= 4 is 74.7 Å². The van der Waals surface area contributed by atoms with Gasteiger partial charge in [-0.1, -0.05) is 33.0 Å². The molecule has 0 radical (unpaired) electrons. The summed E-state index contributed by atoms with van der Waals surface area (Å²) < 4.78 is 71.1.